The minimum Gasteiger partial charge on any atom is -0.478 e. The highest BCUT2D eigenvalue weighted by atomic mass is 32.2. The highest BCUT2D eigenvalue weighted by molar-refractivity contribution is 7.98. The quantitative estimate of drug-likeness (QED) is 0.517. The Morgan fingerprint density at radius 2 is 1.95 bits per heavy atom. The van der Waals surface area contributed by atoms with Gasteiger partial charge in [-0.2, -0.15) is 0 Å². The minimum atomic E-state index is -0.970. The van der Waals surface area contributed by atoms with Gasteiger partial charge in [0.05, 0.1) is 10.5 Å². The fraction of sp³-hybridized carbons (Fsp3) is 0.0714. The summed E-state index contributed by atoms with van der Waals surface area (Å²) in [6.45, 7) is 0. The summed E-state index contributed by atoms with van der Waals surface area (Å²) < 4.78 is 0. The third kappa shape index (κ3) is 3.58. The van der Waals surface area contributed by atoms with Gasteiger partial charge in [-0.25, -0.2) is 4.79 Å². The monoisotopic (exact) mass is 289 g/mol. The van der Waals surface area contributed by atoms with Crippen LogP contribution in [0.3, 0.4) is 0 Å². The summed E-state index contributed by atoms with van der Waals surface area (Å²) in [5.74, 6) is -0.423. The van der Waals surface area contributed by atoms with Crippen LogP contribution >= 0.6 is 11.8 Å². The van der Waals surface area contributed by atoms with E-state index in [-0.39, 0.29) is 11.3 Å². The van der Waals surface area contributed by atoms with Gasteiger partial charge in [0.15, 0.2) is 0 Å². The molecule has 0 spiro atoms. The van der Waals surface area contributed by atoms with Crippen LogP contribution in [-0.2, 0) is 5.75 Å². The Morgan fingerprint density at radius 3 is 2.65 bits per heavy atom. The van der Waals surface area contributed by atoms with Crippen molar-refractivity contribution in [2.45, 2.75) is 10.6 Å². The Bertz CT molecular complexity index is 600. The molecule has 0 saturated carbocycles. The van der Waals surface area contributed by atoms with Crippen LogP contribution in [0.4, 0.5) is 5.69 Å². The highest BCUT2D eigenvalue weighted by Gasteiger charge is 2.07. The van der Waals surface area contributed by atoms with E-state index in [0.29, 0.717) is 5.75 Å². The second-order valence-electron chi connectivity index (χ2n) is 4.05. The molecule has 0 aromatic heterocycles. The number of nitro groups is 1. The van der Waals surface area contributed by atoms with E-state index < -0.39 is 10.9 Å². The molecule has 0 saturated heterocycles. The molecule has 0 heterocycles. The average molecular weight is 289 g/mol. The van der Waals surface area contributed by atoms with E-state index in [0.717, 1.165) is 10.5 Å². The predicted molar refractivity (Wildman–Crippen MR) is 76.1 cm³/mol. The van der Waals surface area contributed by atoms with E-state index in [1.54, 1.807) is 24.3 Å². The molecule has 0 aliphatic carbocycles. The van der Waals surface area contributed by atoms with Crippen LogP contribution in [0.25, 0.3) is 0 Å². The molecule has 6 heteroatoms. The van der Waals surface area contributed by atoms with E-state index >= 15 is 0 Å². The summed E-state index contributed by atoms with van der Waals surface area (Å²) in [7, 11) is 0. The van der Waals surface area contributed by atoms with Crippen molar-refractivity contribution in [1.82, 2.24) is 0 Å². The number of hydrogen-bond acceptors (Lipinski definition) is 4. The smallest absolute Gasteiger partial charge is 0.335 e. The van der Waals surface area contributed by atoms with Gasteiger partial charge in [-0.05, 0) is 23.8 Å². The molecule has 0 aliphatic heterocycles. The van der Waals surface area contributed by atoms with Crippen molar-refractivity contribution in [2.24, 2.45) is 0 Å². The number of nitro benzene ring substituents is 1. The highest BCUT2D eigenvalue weighted by Crippen LogP contribution is 2.25. The lowest BCUT2D eigenvalue weighted by Gasteiger charge is -2.03. The maximum atomic E-state index is 10.9. The zero-order valence-corrected chi connectivity index (χ0v) is 11.2. The van der Waals surface area contributed by atoms with Gasteiger partial charge in [-0.1, -0.05) is 18.2 Å². The van der Waals surface area contributed by atoms with Crippen LogP contribution in [0.5, 0.6) is 0 Å². The first-order valence-corrected chi connectivity index (χ1v) is 6.74. The second kappa shape index (κ2) is 6.21. The largest absolute Gasteiger partial charge is 0.478 e. The molecule has 20 heavy (non-hydrogen) atoms. The number of hydrogen-bond donors (Lipinski definition) is 1. The number of carboxylic acids is 1. The number of aromatic carboxylic acids is 1. The van der Waals surface area contributed by atoms with Gasteiger partial charge in [0, 0.05) is 22.8 Å². The standard InChI is InChI=1S/C14H11NO4S/c16-14(17)11-4-2-6-13(8-11)20-9-10-3-1-5-12(7-10)15(18)19/h1-8H,9H2,(H,16,17). The van der Waals surface area contributed by atoms with Crippen LogP contribution < -0.4 is 0 Å². The zero-order chi connectivity index (χ0) is 14.5. The predicted octanol–water partition coefficient (Wildman–Crippen LogP) is 3.59. The molecule has 0 bridgehead atoms. The number of thioether (sulfide) groups is 1. The first kappa shape index (κ1) is 14.1. The van der Waals surface area contributed by atoms with E-state index in [1.165, 1.54) is 30.0 Å². The zero-order valence-electron chi connectivity index (χ0n) is 10.4. The number of nitrogens with zero attached hydrogens (tertiary/aromatic N) is 1. The summed E-state index contributed by atoms with van der Waals surface area (Å²) in [6.07, 6.45) is 0. The molecule has 5 nitrogen and oxygen atoms in total. The number of carbonyl (C=O) groups is 1. The van der Waals surface area contributed by atoms with Gasteiger partial charge in [-0.3, -0.25) is 10.1 Å². The summed E-state index contributed by atoms with van der Waals surface area (Å²) in [6, 6.07) is 13.0. The minimum absolute atomic E-state index is 0.0578. The molecule has 2 rings (SSSR count). The second-order valence-corrected chi connectivity index (χ2v) is 5.10. The Balaban J connectivity index is 2.08. The number of rotatable bonds is 5. The van der Waals surface area contributed by atoms with Crippen molar-refractivity contribution < 1.29 is 14.8 Å². The fourth-order valence-corrected chi connectivity index (χ4v) is 2.54. The van der Waals surface area contributed by atoms with E-state index in [4.69, 9.17) is 5.11 Å². The molecule has 0 unspecified atom stereocenters. The number of non-ortho nitro benzene ring substituents is 1. The van der Waals surface area contributed by atoms with E-state index in [1.807, 2.05) is 6.07 Å². The summed E-state index contributed by atoms with van der Waals surface area (Å²) in [4.78, 5) is 21.9. The molecule has 102 valence electrons. The van der Waals surface area contributed by atoms with Crippen LogP contribution in [0, 0.1) is 10.1 Å². The molecule has 0 aliphatic rings. The third-order valence-corrected chi connectivity index (χ3v) is 3.67. The molecule has 0 radical (unpaired) electrons. The Kier molecular flexibility index (Phi) is 4.37. The lowest BCUT2D eigenvalue weighted by atomic mass is 10.2. The van der Waals surface area contributed by atoms with Crippen LogP contribution in [-0.4, -0.2) is 16.0 Å². The molecule has 2 aromatic rings. The Morgan fingerprint density at radius 1 is 1.20 bits per heavy atom. The van der Waals surface area contributed by atoms with E-state index in [2.05, 4.69) is 0 Å². The average Bonchev–Trinajstić information content (AvgIpc) is 2.45. The lowest BCUT2D eigenvalue weighted by molar-refractivity contribution is -0.384. The van der Waals surface area contributed by atoms with Gasteiger partial charge >= 0.3 is 5.97 Å². The van der Waals surface area contributed by atoms with Crippen molar-refractivity contribution in [1.29, 1.82) is 0 Å². The molecule has 0 fully saturated rings. The van der Waals surface area contributed by atoms with E-state index in [9.17, 15) is 14.9 Å². The van der Waals surface area contributed by atoms with Crippen molar-refractivity contribution in [3.8, 4) is 0 Å². The summed E-state index contributed by atoms with van der Waals surface area (Å²) in [5, 5.41) is 19.6. The number of carboxylic acid groups (broad SMARTS) is 1. The topological polar surface area (TPSA) is 80.4 Å². The molecular formula is C14H11NO4S. The lowest BCUT2D eigenvalue weighted by Crippen LogP contribution is -1.95. The van der Waals surface area contributed by atoms with Crippen molar-refractivity contribution in [3.05, 3.63) is 69.8 Å². The summed E-state index contributed by atoms with van der Waals surface area (Å²) >= 11 is 1.44. The Hall–Kier alpha value is -2.34. The molecule has 1 N–H and O–H groups in total. The first-order valence-electron chi connectivity index (χ1n) is 5.76. The van der Waals surface area contributed by atoms with Gasteiger partial charge in [-0.15, -0.1) is 11.8 Å². The fourth-order valence-electron chi connectivity index (χ4n) is 1.65. The van der Waals surface area contributed by atoms with Crippen LogP contribution in [0.15, 0.2) is 53.4 Å². The number of benzene rings is 2. The molecule has 0 amide bonds. The van der Waals surface area contributed by atoms with Crippen molar-refractivity contribution in [2.75, 3.05) is 0 Å². The molecular weight excluding hydrogens is 278 g/mol. The maximum Gasteiger partial charge on any atom is 0.335 e. The SMILES string of the molecule is O=C(O)c1cccc(SCc2cccc([N+](=O)[O-])c2)c1. The third-order valence-electron chi connectivity index (χ3n) is 2.61. The summed E-state index contributed by atoms with van der Waals surface area (Å²) in [5.41, 5.74) is 1.11. The molecule has 2 aromatic carbocycles. The van der Waals surface area contributed by atoms with Gasteiger partial charge in [0.2, 0.25) is 0 Å². The van der Waals surface area contributed by atoms with Gasteiger partial charge in [0.1, 0.15) is 0 Å². The maximum absolute atomic E-state index is 10.9. The van der Waals surface area contributed by atoms with Crippen LogP contribution in [0.1, 0.15) is 15.9 Å². The van der Waals surface area contributed by atoms with Crippen molar-refractivity contribution >= 4 is 23.4 Å². The van der Waals surface area contributed by atoms with Crippen LogP contribution in [0.2, 0.25) is 0 Å². The van der Waals surface area contributed by atoms with Gasteiger partial charge < -0.3 is 5.11 Å². The first-order chi connectivity index (χ1) is 9.56. The normalized spacial score (nSPS) is 10.2. The molecule has 0 atom stereocenters. The van der Waals surface area contributed by atoms with Gasteiger partial charge in [0.25, 0.3) is 5.69 Å². The Labute approximate surface area is 119 Å². The van der Waals surface area contributed by atoms with Crippen molar-refractivity contribution in [3.63, 3.8) is 0 Å².